The number of carbonyl (C=O) groups excluding carboxylic acids is 1. The minimum absolute atomic E-state index is 0.288. The minimum atomic E-state index is -0.288. The number of fused-ring (bicyclic) bond motifs is 3. The van der Waals surface area contributed by atoms with Gasteiger partial charge in [0, 0.05) is 28.5 Å². The summed E-state index contributed by atoms with van der Waals surface area (Å²) in [5, 5.41) is 4.25. The molecule has 144 valence electrons. The van der Waals surface area contributed by atoms with Crippen LogP contribution in [-0.4, -0.2) is 26.5 Å². The molecule has 0 saturated carbocycles. The number of aryl methyl sites for hydroxylation is 2. The zero-order valence-corrected chi connectivity index (χ0v) is 16.5. The van der Waals surface area contributed by atoms with Crippen LogP contribution in [0.1, 0.15) is 39.5 Å². The zero-order valence-electron chi connectivity index (χ0n) is 15.7. The highest BCUT2D eigenvalue weighted by Gasteiger charge is 2.22. The number of nitrogens with one attached hydrogen (secondary N) is 1. The average molecular weight is 401 g/mol. The molecular weight excluding hydrogens is 382 g/mol. The average Bonchev–Trinajstić information content (AvgIpc) is 3.31. The van der Waals surface area contributed by atoms with Crippen molar-refractivity contribution in [2.24, 2.45) is 5.10 Å². The number of hydrazone groups is 1. The summed E-state index contributed by atoms with van der Waals surface area (Å²) in [7, 11) is 0. The molecule has 1 aliphatic rings. The normalized spacial score (nSPS) is 13.7. The van der Waals surface area contributed by atoms with E-state index in [0.29, 0.717) is 5.56 Å². The van der Waals surface area contributed by atoms with Gasteiger partial charge in [-0.05, 0) is 37.8 Å². The first kappa shape index (κ1) is 17.8. The third kappa shape index (κ3) is 3.34. The van der Waals surface area contributed by atoms with E-state index >= 15 is 0 Å². The molecule has 1 amide bonds. The van der Waals surface area contributed by atoms with Crippen LogP contribution in [0, 0.1) is 0 Å². The molecule has 0 spiro atoms. The molecule has 1 aromatic carbocycles. The van der Waals surface area contributed by atoms with Gasteiger partial charge in [0.25, 0.3) is 5.91 Å². The van der Waals surface area contributed by atoms with E-state index in [1.54, 1.807) is 35.9 Å². The highest BCUT2D eigenvalue weighted by atomic mass is 32.1. The summed E-state index contributed by atoms with van der Waals surface area (Å²) in [6.07, 6.45) is 9.43. The van der Waals surface area contributed by atoms with Crippen LogP contribution in [0.4, 0.5) is 0 Å². The van der Waals surface area contributed by atoms with Crippen LogP contribution in [0.3, 0.4) is 0 Å². The lowest BCUT2D eigenvalue weighted by molar-refractivity contribution is 0.0955. The van der Waals surface area contributed by atoms with E-state index in [9.17, 15) is 4.79 Å². The van der Waals surface area contributed by atoms with Gasteiger partial charge in [-0.1, -0.05) is 30.3 Å². The fourth-order valence-electron chi connectivity index (χ4n) is 3.70. The van der Waals surface area contributed by atoms with Crippen LogP contribution in [-0.2, 0) is 12.8 Å². The van der Waals surface area contributed by atoms with Gasteiger partial charge in [-0.3, -0.25) is 14.2 Å². The van der Waals surface area contributed by atoms with Crippen molar-refractivity contribution >= 4 is 28.4 Å². The molecule has 29 heavy (non-hydrogen) atoms. The van der Waals surface area contributed by atoms with Crippen molar-refractivity contribution in [3.05, 3.63) is 76.7 Å². The van der Waals surface area contributed by atoms with Crippen molar-refractivity contribution < 1.29 is 4.79 Å². The second-order valence-electron chi connectivity index (χ2n) is 6.95. The second kappa shape index (κ2) is 7.60. The van der Waals surface area contributed by atoms with Crippen molar-refractivity contribution in [2.45, 2.75) is 25.7 Å². The standard InChI is InChI=1S/C22H19N5OS/c28-21(16-9-6-12-23-13-16)26-24-14-18-20(15-7-2-1-3-8-15)25-22-27(18)17-10-4-5-11-19(17)29-22/h1-3,6-9,12-14H,4-5,10-11H2,(H,26,28)/b24-14-. The van der Waals surface area contributed by atoms with E-state index < -0.39 is 0 Å². The molecule has 0 radical (unpaired) electrons. The Balaban J connectivity index is 1.55. The lowest BCUT2D eigenvalue weighted by atomic mass is 10.0. The van der Waals surface area contributed by atoms with Gasteiger partial charge in [-0.25, -0.2) is 10.4 Å². The molecular formula is C22H19N5OS. The zero-order chi connectivity index (χ0) is 19.6. The van der Waals surface area contributed by atoms with E-state index in [0.717, 1.165) is 34.8 Å². The lowest BCUT2D eigenvalue weighted by Crippen LogP contribution is -2.18. The molecule has 1 aliphatic carbocycles. The largest absolute Gasteiger partial charge is 0.285 e. The Morgan fingerprint density at radius 3 is 2.83 bits per heavy atom. The maximum Gasteiger partial charge on any atom is 0.272 e. The Bertz CT molecular complexity index is 1190. The van der Waals surface area contributed by atoms with Crippen LogP contribution in [0.15, 0.2) is 60.0 Å². The number of nitrogens with zero attached hydrogens (tertiary/aromatic N) is 4. The molecule has 0 saturated heterocycles. The Labute approximate surface area is 172 Å². The molecule has 4 aromatic rings. The van der Waals surface area contributed by atoms with Crippen molar-refractivity contribution in [1.29, 1.82) is 0 Å². The fraction of sp³-hybridized carbons (Fsp3) is 0.182. The summed E-state index contributed by atoms with van der Waals surface area (Å²) >= 11 is 1.76. The first-order valence-corrected chi connectivity index (χ1v) is 10.4. The van der Waals surface area contributed by atoms with Crippen molar-refractivity contribution in [3.63, 3.8) is 0 Å². The third-order valence-corrected chi connectivity index (χ3v) is 6.22. The predicted octanol–water partition coefficient (Wildman–Crippen LogP) is 4.10. The summed E-state index contributed by atoms with van der Waals surface area (Å²) in [4.78, 5) is 23.6. The summed E-state index contributed by atoms with van der Waals surface area (Å²) in [6.45, 7) is 0. The van der Waals surface area contributed by atoms with Crippen LogP contribution in [0.2, 0.25) is 0 Å². The summed E-state index contributed by atoms with van der Waals surface area (Å²) < 4.78 is 2.21. The highest BCUT2D eigenvalue weighted by Crippen LogP contribution is 2.34. The molecule has 0 aliphatic heterocycles. The number of aromatic nitrogens is 3. The van der Waals surface area contributed by atoms with E-state index in [1.807, 2.05) is 30.3 Å². The Morgan fingerprint density at radius 1 is 1.14 bits per heavy atom. The fourth-order valence-corrected chi connectivity index (χ4v) is 4.92. The molecule has 0 atom stereocenters. The number of hydrogen-bond donors (Lipinski definition) is 1. The van der Waals surface area contributed by atoms with Gasteiger partial charge in [0.05, 0.1) is 23.2 Å². The van der Waals surface area contributed by atoms with Gasteiger partial charge >= 0.3 is 0 Å². The molecule has 3 aromatic heterocycles. The van der Waals surface area contributed by atoms with Crippen molar-refractivity contribution in [3.8, 4) is 11.3 Å². The number of amides is 1. The van der Waals surface area contributed by atoms with Gasteiger partial charge in [0.15, 0.2) is 4.96 Å². The van der Waals surface area contributed by atoms with E-state index in [2.05, 4.69) is 19.9 Å². The van der Waals surface area contributed by atoms with E-state index in [1.165, 1.54) is 29.6 Å². The first-order valence-electron chi connectivity index (χ1n) is 9.63. The number of thiazole rings is 1. The quantitative estimate of drug-likeness (QED) is 0.413. The number of carbonyl (C=O) groups is 1. The molecule has 6 nitrogen and oxygen atoms in total. The van der Waals surface area contributed by atoms with Crippen molar-refractivity contribution in [1.82, 2.24) is 19.8 Å². The molecule has 0 bridgehead atoms. The molecule has 3 heterocycles. The second-order valence-corrected chi connectivity index (χ2v) is 8.01. The van der Waals surface area contributed by atoms with Crippen LogP contribution in [0.5, 0.6) is 0 Å². The Hall–Kier alpha value is -3.32. The minimum Gasteiger partial charge on any atom is -0.285 e. The van der Waals surface area contributed by atoms with Gasteiger partial charge in [0.1, 0.15) is 0 Å². The van der Waals surface area contributed by atoms with Gasteiger partial charge < -0.3 is 0 Å². The first-order chi connectivity index (χ1) is 14.3. The molecule has 0 unspecified atom stereocenters. The molecule has 1 N–H and O–H groups in total. The Kier molecular flexibility index (Phi) is 4.65. The van der Waals surface area contributed by atoms with Gasteiger partial charge in [0.2, 0.25) is 0 Å². The van der Waals surface area contributed by atoms with E-state index in [-0.39, 0.29) is 5.91 Å². The Morgan fingerprint density at radius 2 is 2.00 bits per heavy atom. The summed E-state index contributed by atoms with van der Waals surface area (Å²) in [6, 6.07) is 13.5. The topological polar surface area (TPSA) is 71.7 Å². The van der Waals surface area contributed by atoms with Crippen molar-refractivity contribution in [2.75, 3.05) is 0 Å². The number of rotatable bonds is 4. The van der Waals surface area contributed by atoms with E-state index in [4.69, 9.17) is 4.98 Å². The van der Waals surface area contributed by atoms with Gasteiger partial charge in [-0.2, -0.15) is 5.10 Å². The number of pyridine rings is 1. The van der Waals surface area contributed by atoms with Gasteiger partial charge in [-0.15, -0.1) is 11.3 Å². The van der Waals surface area contributed by atoms with Crippen LogP contribution < -0.4 is 5.43 Å². The molecule has 7 heteroatoms. The summed E-state index contributed by atoms with van der Waals surface area (Å²) in [5.74, 6) is -0.288. The molecule has 5 rings (SSSR count). The monoisotopic (exact) mass is 401 g/mol. The number of hydrogen-bond acceptors (Lipinski definition) is 5. The van der Waals surface area contributed by atoms with Crippen LogP contribution >= 0.6 is 11.3 Å². The lowest BCUT2D eigenvalue weighted by Gasteiger charge is -2.11. The van der Waals surface area contributed by atoms with Crippen LogP contribution in [0.25, 0.3) is 16.2 Å². The highest BCUT2D eigenvalue weighted by molar-refractivity contribution is 7.17. The smallest absolute Gasteiger partial charge is 0.272 e. The third-order valence-electron chi connectivity index (χ3n) is 5.08. The molecule has 0 fully saturated rings. The maximum absolute atomic E-state index is 12.3. The number of benzene rings is 1. The predicted molar refractivity (Wildman–Crippen MR) is 114 cm³/mol. The SMILES string of the molecule is O=C(N/N=C\c1c(-c2ccccc2)nc2sc3c(n12)CCCC3)c1cccnc1. The number of imidazole rings is 1. The summed E-state index contributed by atoms with van der Waals surface area (Å²) in [5.41, 5.74) is 7.22. The maximum atomic E-state index is 12.3.